The van der Waals surface area contributed by atoms with Crippen LogP contribution in [0.15, 0.2) is 0 Å². The summed E-state index contributed by atoms with van der Waals surface area (Å²) in [6, 6.07) is 0.211. The lowest BCUT2D eigenvalue weighted by Crippen LogP contribution is -2.38. The number of likely N-dealkylation sites (tertiary alicyclic amines) is 1. The number of nitrogens with zero attached hydrogens (tertiary/aromatic N) is 1. The van der Waals surface area contributed by atoms with E-state index in [-0.39, 0.29) is 12.5 Å². The lowest BCUT2D eigenvalue weighted by molar-refractivity contribution is -0.138. The molecule has 3 nitrogen and oxygen atoms in total. The molecule has 0 aromatic rings. The second-order valence-electron chi connectivity index (χ2n) is 3.54. The number of carboxylic acid groups (broad SMARTS) is 1. The minimum atomic E-state index is -0.687. The van der Waals surface area contributed by atoms with Crippen molar-refractivity contribution in [2.24, 2.45) is 0 Å². The monoisotopic (exact) mass is 171 g/mol. The third-order valence-electron chi connectivity index (χ3n) is 2.48. The van der Waals surface area contributed by atoms with E-state index in [9.17, 15) is 4.79 Å². The fourth-order valence-electron chi connectivity index (χ4n) is 1.74. The fraction of sp³-hybridized carbons (Fsp3) is 0.889. The van der Waals surface area contributed by atoms with E-state index in [1.165, 1.54) is 19.3 Å². The van der Waals surface area contributed by atoms with E-state index in [0.717, 1.165) is 13.1 Å². The molecule has 0 amide bonds. The highest BCUT2D eigenvalue weighted by Gasteiger charge is 2.18. The van der Waals surface area contributed by atoms with E-state index in [4.69, 9.17) is 5.11 Å². The maximum atomic E-state index is 10.4. The summed E-state index contributed by atoms with van der Waals surface area (Å²) in [6.07, 6.45) is 4.03. The molecule has 3 heteroatoms. The largest absolute Gasteiger partial charge is 0.481 e. The standard InChI is InChI=1S/C9H17NO2/c1-8(7-9(11)12)10-5-3-2-4-6-10/h8H,2-7H2,1H3,(H,11,12)/t8-/m1/s1. The van der Waals surface area contributed by atoms with Gasteiger partial charge in [-0.1, -0.05) is 6.42 Å². The Morgan fingerprint density at radius 3 is 2.50 bits per heavy atom. The van der Waals surface area contributed by atoms with Crippen LogP contribution in [0.2, 0.25) is 0 Å². The molecule has 1 N–H and O–H groups in total. The van der Waals surface area contributed by atoms with Crippen molar-refractivity contribution in [2.45, 2.75) is 38.6 Å². The molecule has 0 saturated carbocycles. The Bertz CT molecular complexity index is 153. The average molecular weight is 171 g/mol. The number of hydrogen-bond acceptors (Lipinski definition) is 2. The van der Waals surface area contributed by atoms with E-state index in [0.29, 0.717) is 0 Å². The summed E-state index contributed by atoms with van der Waals surface area (Å²) in [6.45, 7) is 4.16. The van der Waals surface area contributed by atoms with Gasteiger partial charge in [0.15, 0.2) is 0 Å². The van der Waals surface area contributed by atoms with Crippen molar-refractivity contribution < 1.29 is 9.90 Å². The first-order valence-corrected chi connectivity index (χ1v) is 4.66. The molecule has 0 bridgehead atoms. The molecule has 0 spiro atoms. The lowest BCUT2D eigenvalue weighted by Gasteiger charge is -2.31. The second-order valence-corrected chi connectivity index (χ2v) is 3.54. The van der Waals surface area contributed by atoms with E-state index in [1.54, 1.807) is 0 Å². The van der Waals surface area contributed by atoms with Crippen molar-refractivity contribution in [2.75, 3.05) is 13.1 Å². The van der Waals surface area contributed by atoms with E-state index < -0.39 is 5.97 Å². The Balaban J connectivity index is 2.29. The number of carboxylic acids is 1. The average Bonchev–Trinajstić information content (AvgIpc) is 2.05. The Morgan fingerprint density at radius 1 is 1.42 bits per heavy atom. The first-order valence-electron chi connectivity index (χ1n) is 4.66. The van der Waals surface area contributed by atoms with E-state index in [2.05, 4.69) is 4.90 Å². The molecule has 1 fully saturated rings. The lowest BCUT2D eigenvalue weighted by atomic mass is 10.1. The van der Waals surface area contributed by atoms with Crippen LogP contribution in [0.5, 0.6) is 0 Å². The summed E-state index contributed by atoms with van der Waals surface area (Å²) in [5, 5.41) is 8.59. The molecule has 12 heavy (non-hydrogen) atoms. The van der Waals surface area contributed by atoms with Crippen LogP contribution in [0.3, 0.4) is 0 Å². The van der Waals surface area contributed by atoms with Gasteiger partial charge in [0.2, 0.25) is 0 Å². The van der Waals surface area contributed by atoms with Crippen molar-refractivity contribution in [1.82, 2.24) is 4.90 Å². The van der Waals surface area contributed by atoms with Gasteiger partial charge in [-0.15, -0.1) is 0 Å². The fourth-order valence-corrected chi connectivity index (χ4v) is 1.74. The highest BCUT2D eigenvalue weighted by atomic mass is 16.4. The van der Waals surface area contributed by atoms with Crippen molar-refractivity contribution >= 4 is 5.97 Å². The van der Waals surface area contributed by atoms with Crippen LogP contribution in [0.25, 0.3) is 0 Å². The van der Waals surface area contributed by atoms with Gasteiger partial charge in [0, 0.05) is 6.04 Å². The van der Waals surface area contributed by atoms with Crippen molar-refractivity contribution in [1.29, 1.82) is 0 Å². The summed E-state index contributed by atoms with van der Waals surface area (Å²) >= 11 is 0. The van der Waals surface area contributed by atoms with Gasteiger partial charge >= 0.3 is 5.97 Å². The molecule has 1 rings (SSSR count). The van der Waals surface area contributed by atoms with Crippen molar-refractivity contribution in [3.63, 3.8) is 0 Å². The molecule has 0 aliphatic carbocycles. The number of carbonyl (C=O) groups is 1. The highest BCUT2D eigenvalue weighted by molar-refractivity contribution is 5.67. The van der Waals surface area contributed by atoms with Crippen LogP contribution in [0, 0.1) is 0 Å². The van der Waals surface area contributed by atoms with Crippen molar-refractivity contribution in [3.8, 4) is 0 Å². The Kier molecular flexibility index (Phi) is 3.53. The summed E-state index contributed by atoms with van der Waals surface area (Å²) in [7, 11) is 0. The molecule has 1 saturated heterocycles. The molecule has 0 aromatic carbocycles. The Labute approximate surface area is 73.4 Å². The molecule has 0 radical (unpaired) electrons. The van der Waals surface area contributed by atoms with Gasteiger partial charge < -0.3 is 10.0 Å². The predicted molar refractivity (Wildman–Crippen MR) is 47.1 cm³/mol. The number of rotatable bonds is 3. The summed E-state index contributed by atoms with van der Waals surface area (Å²) < 4.78 is 0. The maximum Gasteiger partial charge on any atom is 0.304 e. The van der Waals surface area contributed by atoms with Gasteiger partial charge in [-0.3, -0.25) is 4.79 Å². The topological polar surface area (TPSA) is 40.5 Å². The van der Waals surface area contributed by atoms with Crippen LogP contribution in [0.4, 0.5) is 0 Å². The van der Waals surface area contributed by atoms with E-state index in [1.807, 2.05) is 6.92 Å². The maximum absolute atomic E-state index is 10.4. The summed E-state index contributed by atoms with van der Waals surface area (Å²) in [5.41, 5.74) is 0. The molecule has 0 unspecified atom stereocenters. The number of piperidine rings is 1. The van der Waals surface area contributed by atoms with Gasteiger partial charge in [-0.05, 0) is 32.9 Å². The Hall–Kier alpha value is -0.570. The van der Waals surface area contributed by atoms with Gasteiger partial charge in [-0.25, -0.2) is 0 Å². The molecule has 70 valence electrons. The molecule has 1 heterocycles. The normalized spacial score (nSPS) is 22.1. The smallest absolute Gasteiger partial charge is 0.304 e. The predicted octanol–water partition coefficient (Wildman–Crippen LogP) is 1.34. The van der Waals surface area contributed by atoms with Crippen LogP contribution >= 0.6 is 0 Å². The molecular weight excluding hydrogens is 154 g/mol. The van der Waals surface area contributed by atoms with Gasteiger partial charge in [-0.2, -0.15) is 0 Å². The van der Waals surface area contributed by atoms with Gasteiger partial charge in [0.05, 0.1) is 6.42 Å². The van der Waals surface area contributed by atoms with Crippen molar-refractivity contribution in [3.05, 3.63) is 0 Å². The molecule has 1 aliphatic rings. The molecular formula is C9H17NO2. The summed E-state index contributed by atoms with van der Waals surface area (Å²) in [5.74, 6) is -0.687. The second kappa shape index (κ2) is 4.45. The van der Waals surface area contributed by atoms with Crippen LogP contribution < -0.4 is 0 Å². The van der Waals surface area contributed by atoms with Crippen LogP contribution in [-0.4, -0.2) is 35.1 Å². The third-order valence-corrected chi connectivity index (χ3v) is 2.48. The first-order chi connectivity index (χ1) is 5.70. The van der Waals surface area contributed by atoms with E-state index >= 15 is 0 Å². The SMILES string of the molecule is C[C@H](CC(=O)O)N1CCCCC1. The van der Waals surface area contributed by atoms with Crippen LogP contribution in [0.1, 0.15) is 32.6 Å². The quantitative estimate of drug-likeness (QED) is 0.696. The highest BCUT2D eigenvalue weighted by Crippen LogP contribution is 2.13. The Morgan fingerprint density at radius 2 is 2.00 bits per heavy atom. The molecule has 0 aromatic heterocycles. The van der Waals surface area contributed by atoms with Gasteiger partial charge in [0.25, 0.3) is 0 Å². The number of aliphatic carboxylic acids is 1. The third kappa shape index (κ3) is 2.81. The zero-order valence-electron chi connectivity index (χ0n) is 7.62. The number of hydrogen-bond donors (Lipinski definition) is 1. The first kappa shape index (κ1) is 9.52. The summed E-state index contributed by atoms with van der Waals surface area (Å²) in [4.78, 5) is 12.7. The zero-order chi connectivity index (χ0) is 8.97. The minimum absolute atomic E-state index is 0.211. The molecule has 1 atom stereocenters. The minimum Gasteiger partial charge on any atom is -0.481 e. The molecule has 1 aliphatic heterocycles. The van der Waals surface area contributed by atoms with Gasteiger partial charge in [0.1, 0.15) is 0 Å². The van der Waals surface area contributed by atoms with Crippen LogP contribution in [-0.2, 0) is 4.79 Å². The zero-order valence-corrected chi connectivity index (χ0v) is 7.62.